The van der Waals surface area contributed by atoms with Gasteiger partial charge in [-0.25, -0.2) is 0 Å². The molecule has 0 radical (unpaired) electrons. The molecule has 0 fully saturated rings. The van der Waals surface area contributed by atoms with E-state index in [2.05, 4.69) is 21.2 Å². The van der Waals surface area contributed by atoms with Crippen LogP contribution in [0.2, 0.25) is 5.02 Å². The third-order valence-corrected chi connectivity index (χ3v) is 3.93. The zero-order chi connectivity index (χ0) is 14.4. The Hall–Kier alpha value is -1.14. The maximum Gasteiger partial charge on any atom is 0.282 e. The van der Waals surface area contributed by atoms with Crippen molar-refractivity contribution in [3.63, 3.8) is 0 Å². The lowest BCUT2D eigenvalue weighted by Gasteiger charge is -2.08. The molecule has 19 heavy (non-hydrogen) atoms. The van der Waals surface area contributed by atoms with Crippen molar-refractivity contribution < 1.29 is 9.72 Å². The number of nitro benzene ring substituents is 1. The molecule has 0 spiro atoms. The molecular formula is C12H14BrClN2O3. The summed E-state index contributed by atoms with van der Waals surface area (Å²) in [5.41, 5.74) is -0.257. The van der Waals surface area contributed by atoms with Crippen LogP contribution in [-0.4, -0.2) is 22.2 Å². The Morgan fingerprint density at radius 2 is 2.26 bits per heavy atom. The Kier molecular flexibility index (Phi) is 6.24. The van der Waals surface area contributed by atoms with Gasteiger partial charge in [0, 0.05) is 22.5 Å². The number of carbonyl (C=O) groups is 1. The van der Waals surface area contributed by atoms with Gasteiger partial charge in [0.1, 0.15) is 5.56 Å². The van der Waals surface area contributed by atoms with E-state index in [-0.39, 0.29) is 11.3 Å². The molecule has 7 heteroatoms. The number of benzene rings is 1. The molecule has 0 aliphatic carbocycles. The van der Waals surface area contributed by atoms with E-state index in [1.54, 1.807) is 0 Å². The summed E-state index contributed by atoms with van der Waals surface area (Å²) >= 11 is 9.21. The first kappa shape index (κ1) is 15.9. The quantitative estimate of drug-likeness (QED) is 0.485. The number of halogens is 2. The SMILES string of the molecule is CCC(Br)CCNC(=O)c1cc(Cl)ccc1[N+](=O)[O-]. The summed E-state index contributed by atoms with van der Waals surface area (Å²) in [6.45, 7) is 2.48. The van der Waals surface area contributed by atoms with Crippen LogP contribution in [0.4, 0.5) is 5.69 Å². The fraction of sp³-hybridized carbons (Fsp3) is 0.417. The van der Waals surface area contributed by atoms with Crippen LogP contribution < -0.4 is 5.32 Å². The predicted octanol–water partition coefficient (Wildman–Crippen LogP) is 3.54. The molecule has 0 bridgehead atoms. The van der Waals surface area contributed by atoms with E-state index in [9.17, 15) is 14.9 Å². The van der Waals surface area contributed by atoms with Crippen LogP contribution in [0.15, 0.2) is 18.2 Å². The van der Waals surface area contributed by atoms with E-state index >= 15 is 0 Å². The van der Waals surface area contributed by atoms with E-state index in [1.165, 1.54) is 18.2 Å². The van der Waals surface area contributed by atoms with Gasteiger partial charge in [-0.1, -0.05) is 34.5 Å². The van der Waals surface area contributed by atoms with E-state index in [0.717, 1.165) is 12.8 Å². The number of nitrogens with one attached hydrogen (secondary N) is 1. The second-order valence-electron chi connectivity index (χ2n) is 3.97. The standard InChI is InChI=1S/C12H14BrClN2O3/c1-2-8(13)5-6-15-12(17)10-7-9(14)3-4-11(10)16(18)19/h3-4,7-8H,2,5-6H2,1H3,(H,15,17). The maximum absolute atomic E-state index is 11.9. The number of nitrogens with zero attached hydrogens (tertiary/aromatic N) is 1. The van der Waals surface area contributed by atoms with Gasteiger partial charge >= 0.3 is 0 Å². The van der Waals surface area contributed by atoms with Gasteiger partial charge in [0.15, 0.2) is 0 Å². The third kappa shape index (κ3) is 4.80. The fourth-order valence-corrected chi connectivity index (χ4v) is 1.89. The molecule has 0 saturated heterocycles. The van der Waals surface area contributed by atoms with Gasteiger partial charge in [0.2, 0.25) is 0 Å². The molecule has 1 unspecified atom stereocenters. The molecule has 0 heterocycles. The molecule has 1 amide bonds. The molecule has 0 aliphatic heterocycles. The summed E-state index contributed by atoms with van der Waals surface area (Å²) < 4.78 is 0. The van der Waals surface area contributed by atoms with Gasteiger partial charge in [-0.15, -0.1) is 0 Å². The molecule has 1 aromatic carbocycles. The number of rotatable bonds is 6. The molecule has 5 nitrogen and oxygen atoms in total. The molecule has 104 valence electrons. The van der Waals surface area contributed by atoms with E-state index in [4.69, 9.17) is 11.6 Å². The van der Waals surface area contributed by atoms with Crippen LogP contribution in [-0.2, 0) is 0 Å². The van der Waals surface area contributed by atoms with Gasteiger partial charge in [0.05, 0.1) is 4.92 Å². The Bertz CT molecular complexity index is 482. The van der Waals surface area contributed by atoms with Gasteiger partial charge in [-0.2, -0.15) is 0 Å². The van der Waals surface area contributed by atoms with Crippen LogP contribution in [0.5, 0.6) is 0 Å². The molecule has 0 saturated carbocycles. The van der Waals surface area contributed by atoms with Crippen LogP contribution in [0.1, 0.15) is 30.1 Å². The zero-order valence-electron chi connectivity index (χ0n) is 10.4. The molecule has 0 aromatic heterocycles. The maximum atomic E-state index is 11.9. The minimum atomic E-state index is -0.593. The first-order valence-electron chi connectivity index (χ1n) is 5.82. The average molecular weight is 350 g/mol. The minimum Gasteiger partial charge on any atom is -0.352 e. The van der Waals surface area contributed by atoms with Gasteiger partial charge in [-0.3, -0.25) is 14.9 Å². The monoisotopic (exact) mass is 348 g/mol. The normalized spacial score (nSPS) is 11.9. The van der Waals surface area contributed by atoms with Crippen molar-refractivity contribution in [3.05, 3.63) is 38.9 Å². The summed E-state index contributed by atoms with van der Waals surface area (Å²) in [6.07, 6.45) is 1.71. The van der Waals surface area contributed by atoms with Crippen molar-refractivity contribution in [3.8, 4) is 0 Å². The highest BCUT2D eigenvalue weighted by molar-refractivity contribution is 9.09. The largest absolute Gasteiger partial charge is 0.352 e. The molecule has 1 N–H and O–H groups in total. The van der Waals surface area contributed by atoms with E-state index in [0.29, 0.717) is 16.4 Å². The van der Waals surface area contributed by atoms with Crippen molar-refractivity contribution in [2.75, 3.05) is 6.54 Å². The van der Waals surface area contributed by atoms with E-state index < -0.39 is 10.8 Å². The number of amides is 1. The molecule has 1 rings (SSSR count). The van der Waals surface area contributed by atoms with Crippen molar-refractivity contribution in [2.24, 2.45) is 0 Å². The zero-order valence-corrected chi connectivity index (χ0v) is 12.7. The lowest BCUT2D eigenvalue weighted by Crippen LogP contribution is -2.26. The van der Waals surface area contributed by atoms with Crippen LogP contribution >= 0.6 is 27.5 Å². The number of hydrogen-bond acceptors (Lipinski definition) is 3. The summed E-state index contributed by atoms with van der Waals surface area (Å²) in [7, 11) is 0. The fourth-order valence-electron chi connectivity index (χ4n) is 1.49. The molecular weight excluding hydrogens is 336 g/mol. The van der Waals surface area contributed by atoms with Gasteiger partial charge in [0.25, 0.3) is 11.6 Å². The Morgan fingerprint density at radius 1 is 1.58 bits per heavy atom. The Labute approximate surface area is 124 Å². The molecule has 1 atom stereocenters. The van der Waals surface area contributed by atoms with Crippen molar-refractivity contribution in [2.45, 2.75) is 24.6 Å². The molecule has 0 aliphatic rings. The highest BCUT2D eigenvalue weighted by Crippen LogP contribution is 2.22. The van der Waals surface area contributed by atoms with Crippen LogP contribution in [0, 0.1) is 10.1 Å². The predicted molar refractivity (Wildman–Crippen MR) is 78.1 cm³/mol. The smallest absolute Gasteiger partial charge is 0.282 e. The highest BCUT2D eigenvalue weighted by atomic mass is 79.9. The molecule has 1 aromatic rings. The van der Waals surface area contributed by atoms with Gasteiger partial charge in [-0.05, 0) is 25.0 Å². The van der Waals surface area contributed by atoms with E-state index in [1.807, 2.05) is 6.92 Å². The highest BCUT2D eigenvalue weighted by Gasteiger charge is 2.20. The topological polar surface area (TPSA) is 72.2 Å². The summed E-state index contributed by atoms with van der Waals surface area (Å²) in [4.78, 5) is 22.5. The summed E-state index contributed by atoms with van der Waals surface area (Å²) in [5.74, 6) is -0.481. The number of hydrogen-bond donors (Lipinski definition) is 1. The lowest BCUT2D eigenvalue weighted by molar-refractivity contribution is -0.385. The second-order valence-corrected chi connectivity index (χ2v) is 5.70. The third-order valence-electron chi connectivity index (χ3n) is 2.59. The minimum absolute atomic E-state index is 0.0138. The average Bonchev–Trinajstić information content (AvgIpc) is 2.37. The van der Waals surface area contributed by atoms with Crippen molar-refractivity contribution in [1.82, 2.24) is 5.32 Å². The van der Waals surface area contributed by atoms with Crippen LogP contribution in [0.3, 0.4) is 0 Å². The first-order valence-corrected chi connectivity index (χ1v) is 7.11. The summed E-state index contributed by atoms with van der Waals surface area (Å²) in [6, 6.07) is 3.93. The Balaban J connectivity index is 2.76. The lowest BCUT2D eigenvalue weighted by atomic mass is 10.1. The van der Waals surface area contributed by atoms with Crippen LogP contribution in [0.25, 0.3) is 0 Å². The Morgan fingerprint density at radius 3 is 2.84 bits per heavy atom. The van der Waals surface area contributed by atoms with Gasteiger partial charge < -0.3 is 5.32 Å². The number of nitro groups is 1. The number of carbonyl (C=O) groups excluding carboxylic acids is 1. The van der Waals surface area contributed by atoms with Crippen molar-refractivity contribution in [1.29, 1.82) is 0 Å². The second kappa shape index (κ2) is 7.45. The van der Waals surface area contributed by atoms with Crippen molar-refractivity contribution >= 4 is 39.1 Å². The first-order chi connectivity index (χ1) is 8.95. The number of alkyl halides is 1. The summed E-state index contributed by atoms with van der Waals surface area (Å²) in [5, 5.41) is 13.8.